The Morgan fingerprint density at radius 2 is 1.96 bits per heavy atom. The number of rotatable bonds is 2. The molecule has 0 radical (unpaired) electrons. The Labute approximate surface area is 154 Å². The summed E-state index contributed by atoms with van der Waals surface area (Å²) in [4.78, 5) is 25.6. The summed E-state index contributed by atoms with van der Waals surface area (Å²) >= 11 is 0. The maximum atomic E-state index is 12.9. The molecule has 3 aliphatic rings. The zero-order chi connectivity index (χ0) is 18.1. The monoisotopic (exact) mass is 359 g/mol. The first-order valence-electron chi connectivity index (χ1n) is 9.90. The minimum Gasteiger partial charge on any atom is -0.389 e. The van der Waals surface area contributed by atoms with Gasteiger partial charge in [0.05, 0.1) is 5.60 Å². The molecule has 0 aromatic carbocycles. The van der Waals surface area contributed by atoms with Crippen LogP contribution in [-0.4, -0.2) is 57.7 Å². The van der Waals surface area contributed by atoms with Crippen molar-refractivity contribution < 1.29 is 9.90 Å². The third kappa shape index (κ3) is 3.37. The van der Waals surface area contributed by atoms with E-state index in [9.17, 15) is 9.90 Å². The largest absolute Gasteiger partial charge is 0.389 e. The van der Waals surface area contributed by atoms with Gasteiger partial charge < -0.3 is 20.6 Å². The van der Waals surface area contributed by atoms with Crippen molar-refractivity contribution in [1.82, 2.24) is 14.9 Å². The normalized spacial score (nSPS) is 30.1. The van der Waals surface area contributed by atoms with Crippen molar-refractivity contribution >= 4 is 17.7 Å². The molecule has 2 atom stereocenters. The first kappa shape index (κ1) is 17.5. The van der Waals surface area contributed by atoms with E-state index in [-0.39, 0.29) is 11.8 Å². The van der Waals surface area contributed by atoms with Gasteiger partial charge in [-0.25, -0.2) is 4.98 Å². The lowest BCUT2D eigenvalue weighted by Gasteiger charge is -2.50. The third-order valence-electron chi connectivity index (χ3n) is 6.48. The van der Waals surface area contributed by atoms with E-state index in [0.717, 1.165) is 25.7 Å². The Bertz CT molecular complexity index is 663. The Morgan fingerprint density at radius 3 is 2.73 bits per heavy atom. The molecule has 1 amide bonds. The molecule has 4 rings (SSSR count). The second-order valence-corrected chi connectivity index (χ2v) is 8.15. The summed E-state index contributed by atoms with van der Waals surface area (Å²) in [5, 5.41) is 11.1. The van der Waals surface area contributed by atoms with E-state index in [1.807, 2.05) is 4.90 Å². The van der Waals surface area contributed by atoms with Crippen LogP contribution < -0.4 is 10.6 Å². The van der Waals surface area contributed by atoms with Crippen LogP contribution in [-0.2, 0) is 4.79 Å². The lowest BCUT2D eigenvalue weighted by atomic mass is 9.75. The lowest BCUT2D eigenvalue weighted by molar-refractivity contribution is -0.146. The molecule has 7 nitrogen and oxygen atoms in total. The Kier molecular flexibility index (Phi) is 4.73. The van der Waals surface area contributed by atoms with Crippen LogP contribution in [0.2, 0.25) is 0 Å². The molecule has 0 spiro atoms. The lowest BCUT2D eigenvalue weighted by Crippen LogP contribution is -2.61. The van der Waals surface area contributed by atoms with Crippen LogP contribution in [0.25, 0.3) is 0 Å². The maximum absolute atomic E-state index is 12.9. The first-order valence-corrected chi connectivity index (χ1v) is 9.90. The Morgan fingerprint density at radius 1 is 1.19 bits per heavy atom. The van der Waals surface area contributed by atoms with Crippen molar-refractivity contribution in [3.05, 3.63) is 12.3 Å². The number of fused-ring (bicyclic) bond motifs is 1. The fourth-order valence-corrected chi connectivity index (χ4v) is 4.81. The van der Waals surface area contributed by atoms with Crippen LogP contribution >= 0.6 is 0 Å². The average molecular weight is 359 g/mol. The van der Waals surface area contributed by atoms with Gasteiger partial charge in [0.25, 0.3) is 0 Å². The molecule has 0 unspecified atom stereocenters. The van der Waals surface area contributed by atoms with E-state index in [1.165, 1.54) is 6.42 Å². The summed E-state index contributed by atoms with van der Waals surface area (Å²) in [5.41, 5.74) is 5.11. The fraction of sp³-hybridized carbons (Fsp3) is 0.737. The molecule has 3 fully saturated rings. The third-order valence-corrected chi connectivity index (χ3v) is 6.48. The summed E-state index contributed by atoms with van der Waals surface area (Å²) in [7, 11) is 0. The first-order chi connectivity index (χ1) is 12.5. The number of aromatic nitrogens is 2. The molecule has 0 bridgehead atoms. The predicted octanol–water partition coefficient (Wildman–Crippen LogP) is 1.43. The molecule has 1 aromatic rings. The molecular formula is C19H29N5O2. The van der Waals surface area contributed by atoms with Crippen LogP contribution in [0.3, 0.4) is 0 Å². The Balaban J connectivity index is 1.45. The van der Waals surface area contributed by atoms with E-state index < -0.39 is 5.60 Å². The second kappa shape index (κ2) is 7.02. The molecule has 2 aliphatic heterocycles. The number of nitrogen functional groups attached to an aromatic ring is 1. The SMILES string of the molecule is Nc1ccnc(N2CC[C@@]3(O)CCN(C(=O)C4CCCCC4)C[C@H]3C2)n1. The summed E-state index contributed by atoms with van der Waals surface area (Å²) in [6.45, 7) is 2.68. The van der Waals surface area contributed by atoms with Crippen molar-refractivity contribution in [2.75, 3.05) is 36.8 Å². The van der Waals surface area contributed by atoms with Crippen molar-refractivity contribution in [3.8, 4) is 0 Å². The number of carbonyl (C=O) groups is 1. The molecule has 3 N–H and O–H groups in total. The number of nitrogens with two attached hydrogens (primary N) is 1. The minimum absolute atomic E-state index is 0.0302. The van der Waals surface area contributed by atoms with Gasteiger partial charge in [0.2, 0.25) is 11.9 Å². The number of likely N-dealkylation sites (tertiary alicyclic amines) is 1. The van der Waals surface area contributed by atoms with Gasteiger partial charge >= 0.3 is 0 Å². The smallest absolute Gasteiger partial charge is 0.227 e. The number of amides is 1. The van der Waals surface area contributed by atoms with E-state index in [2.05, 4.69) is 14.9 Å². The van der Waals surface area contributed by atoms with Crippen LogP contribution in [0, 0.1) is 11.8 Å². The Hall–Kier alpha value is -1.89. The van der Waals surface area contributed by atoms with Crippen LogP contribution in [0.4, 0.5) is 11.8 Å². The zero-order valence-corrected chi connectivity index (χ0v) is 15.3. The highest BCUT2D eigenvalue weighted by molar-refractivity contribution is 5.79. The maximum Gasteiger partial charge on any atom is 0.227 e. The number of piperidine rings is 2. The van der Waals surface area contributed by atoms with Crippen molar-refractivity contribution in [2.45, 2.75) is 50.5 Å². The minimum atomic E-state index is -0.680. The van der Waals surface area contributed by atoms with Crippen molar-refractivity contribution in [3.63, 3.8) is 0 Å². The van der Waals surface area contributed by atoms with Gasteiger partial charge in [0.15, 0.2) is 0 Å². The quantitative estimate of drug-likeness (QED) is 0.829. The van der Waals surface area contributed by atoms with E-state index >= 15 is 0 Å². The molecule has 7 heteroatoms. The van der Waals surface area contributed by atoms with E-state index in [1.54, 1.807) is 12.3 Å². The molecular weight excluding hydrogens is 330 g/mol. The highest BCUT2D eigenvalue weighted by Crippen LogP contribution is 2.37. The van der Waals surface area contributed by atoms with Crippen LogP contribution in [0.1, 0.15) is 44.9 Å². The van der Waals surface area contributed by atoms with Gasteiger partial charge in [-0.1, -0.05) is 19.3 Å². The molecule has 3 heterocycles. The fourth-order valence-electron chi connectivity index (χ4n) is 4.81. The van der Waals surface area contributed by atoms with Gasteiger partial charge in [-0.15, -0.1) is 0 Å². The predicted molar refractivity (Wildman–Crippen MR) is 99.5 cm³/mol. The van der Waals surface area contributed by atoms with Crippen LogP contribution in [0.5, 0.6) is 0 Å². The highest BCUT2D eigenvalue weighted by atomic mass is 16.3. The number of carbonyl (C=O) groups excluding carboxylic acids is 1. The number of hydrogen-bond donors (Lipinski definition) is 2. The molecule has 1 saturated carbocycles. The molecule has 1 aromatic heterocycles. The summed E-state index contributed by atoms with van der Waals surface area (Å²) < 4.78 is 0. The number of anilines is 2. The highest BCUT2D eigenvalue weighted by Gasteiger charge is 2.46. The number of aliphatic hydroxyl groups is 1. The van der Waals surface area contributed by atoms with E-state index in [4.69, 9.17) is 5.73 Å². The van der Waals surface area contributed by atoms with Crippen molar-refractivity contribution in [1.29, 1.82) is 0 Å². The molecule has 142 valence electrons. The van der Waals surface area contributed by atoms with Gasteiger partial charge in [0, 0.05) is 44.2 Å². The molecule has 1 aliphatic carbocycles. The van der Waals surface area contributed by atoms with Crippen LogP contribution in [0.15, 0.2) is 12.3 Å². The zero-order valence-electron chi connectivity index (χ0n) is 15.3. The van der Waals surface area contributed by atoms with Gasteiger partial charge in [0.1, 0.15) is 5.82 Å². The second-order valence-electron chi connectivity index (χ2n) is 8.15. The van der Waals surface area contributed by atoms with E-state index in [0.29, 0.717) is 56.7 Å². The number of hydrogen-bond acceptors (Lipinski definition) is 6. The van der Waals surface area contributed by atoms with Gasteiger partial charge in [-0.2, -0.15) is 4.98 Å². The van der Waals surface area contributed by atoms with Gasteiger partial charge in [-0.3, -0.25) is 4.79 Å². The topological polar surface area (TPSA) is 95.6 Å². The van der Waals surface area contributed by atoms with Gasteiger partial charge in [-0.05, 0) is 31.7 Å². The number of nitrogens with zero attached hydrogens (tertiary/aromatic N) is 4. The molecule has 26 heavy (non-hydrogen) atoms. The van der Waals surface area contributed by atoms with Crippen molar-refractivity contribution in [2.24, 2.45) is 11.8 Å². The standard InChI is InChI=1S/C19H29N5O2/c20-16-6-9-21-18(22-16)24-11-8-19(26)7-10-23(12-15(19)13-24)17(25)14-4-2-1-3-5-14/h6,9,14-15,26H,1-5,7-8,10-13H2,(H2,20,21,22)/t15-,19-/m0/s1. The molecule has 2 saturated heterocycles. The summed E-state index contributed by atoms with van der Waals surface area (Å²) in [5.74, 6) is 1.58. The summed E-state index contributed by atoms with van der Waals surface area (Å²) in [6, 6.07) is 1.68. The summed E-state index contributed by atoms with van der Waals surface area (Å²) in [6.07, 6.45) is 8.64. The average Bonchev–Trinajstić information content (AvgIpc) is 2.67.